The maximum absolute atomic E-state index is 12.1. The lowest BCUT2D eigenvalue weighted by Crippen LogP contribution is -2.14. The molecule has 114 valence electrons. The van der Waals surface area contributed by atoms with E-state index in [1.807, 2.05) is 19.4 Å². The molecule has 3 aromatic rings. The lowest BCUT2D eigenvalue weighted by molar-refractivity contribution is 0.736. The molecule has 0 amide bonds. The number of aryl methyl sites for hydroxylation is 1. The van der Waals surface area contributed by atoms with Gasteiger partial charge in [-0.1, -0.05) is 11.8 Å². The smallest absolute Gasteiger partial charge is 0.258 e. The summed E-state index contributed by atoms with van der Waals surface area (Å²) < 4.78 is 3.70. The highest BCUT2D eigenvalue weighted by Crippen LogP contribution is 2.39. The third-order valence-electron chi connectivity index (χ3n) is 3.79. The summed E-state index contributed by atoms with van der Waals surface area (Å²) in [5.41, 5.74) is 1.70. The molecular weight excluding hydrogens is 318 g/mol. The maximum Gasteiger partial charge on any atom is 0.258 e. The van der Waals surface area contributed by atoms with Gasteiger partial charge in [0.1, 0.15) is 5.82 Å². The highest BCUT2D eigenvalue weighted by atomic mass is 32.2. The first-order valence-electron chi connectivity index (χ1n) is 7.12. The SMILES string of the molecule is Cc1csc2nc(CSc3nnc(C4CC4)n3C)cc(=O)n12. The van der Waals surface area contributed by atoms with E-state index < -0.39 is 0 Å². The summed E-state index contributed by atoms with van der Waals surface area (Å²) in [6.45, 7) is 1.92. The average molecular weight is 333 g/mol. The van der Waals surface area contributed by atoms with Gasteiger partial charge >= 0.3 is 0 Å². The van der Waals surface area contributed by atoms with Gasteiger partial charge in [0.05, 0.1) is 5.69 Å². The van der Waals surface area contributed by atoms with Gasteiger partial charge < -0.3 is 4.57 Å². The Labute approximate surface area is 135 Å². The van der Waals surface area contributed by atoms with Crippen molar-refractivity contribution in [2.75, 3.05) is 0 Å². The Balaban J connectivity index is 1.57. The number of nitrogens with zero attached hydrogens (tertiary/aromatic N) is 5. The molecule has 0 radical (unpaired) electrons. The molecule has 1 fully saturated rings. The fraction of sp³-hybridized carbons (Fsp3) is 0.429. The summed E-state index contributed by atoms with van der Waals surface area (Å²) in [5, 5.41) is 11.3. The Morgan fingerprint density at radius 2 is 2.23 bits per heavy atom. The monoisotopic (exact) mass is 333 g/mol. The summed E-state index contributed by atoms with van der Waals surface area (Å²) >= 11 is 3.07. The molecular formula is C14H15N5OS2. The van der Waals surface area contributed by atoms with E-state index in [4.69, 9.17) is 0 Å². The van der Waals surface area contributed by atoms with Crippen LogP contribution in [0.5, 0.6) is 0 Å². The lowest BCUT2D eigenvalue weighted by atomic mass is 10.4. The molecule has 8 heteroatoms. The lowest BCUT2D eigenvalue weighted by Gasteiger charge is -2.03. The minimum Gasteiger partial charge on any atom is -0.309 e. The summed E-state index contributed by atoms with van der Waals surface area (Å²) in [4.78, 5) is 17.5. The van der Waals surface area contributed by atoms with Crippen molar-refractivity contribution in [3.8, 4) is 0 Å². The topological polar surface area (TPSA) is 65.1 Å². The van der Waals surface area contributed by atoms with Crippen molar-refractivity contribution in [3.05, 3.63) is 39.0 Å². The summed E-state index contributed by atoms with van der Waals surface area (Å²) in [6, 6.07) is 1.61. The van der Waals surface area contributed by atoms with Crippen molar-refractivity contribution in [1.82, 2.24) is 24.1 Å². The second kappa shape index (κ2) is 5.20. The molecule has 4 rings (SSSR count). The van der Waals surface area contributed by atoms with Crippen LogP contribution in [0, 0.1) is 6.92 Å². The van der Waals surface area contributed by atoms with Gasteiger partial charge in [0, 0.05) is 35.9 Å². The fourth-order valence-electron chi connectivity index (χ4n) is 2.46. The fourth-order valence-corrected chi connectivity index (χ4v) is 4.16. The number of thiazole rings is 1. The molecule has 3 heterocycles. The van der Waals surface area contributed by atoms with Crippen molar-refractivity contribution in [3.63, 3.8) is 0 Å². The van der Waals surface area contributed by atoms with Gasteiger partial charge in [-0.15, -0.1) is 21.5 Å². The van der Waals surface area contributed by atoms with E-state index in [0.29, 0.717) is 11.7 Å². The van der Waals surface area contributed by atoms with Crippen molar-refractivity contribution in [2.45, 2.75) is 36.6 Å². The molecule has 1 aliphatic carbocycles. The first-order valence-corrected chi connectivity index (χ1v) is 8.99. The summed E-state index contributed by atoms with van der Waals surface area (Å²) in [7, 11) is 2.00. The molecule has 0 aromatic carbocycles. The van der Waals surface area contributed by atoms with Crippen LogP contribution in [0.2, 0.25) is 0 Å². The van der Waals surface area contributed by atoms with Gasteiger partial charge in [0.2, 0.25) is 0 Å². The quantitative estimate of drug-likeness (QED) is 0.686. The zero-order valence-corrected chi connectivity index (χ0v) is 13.9. The molecule has 1 aliphatic rings. The van der Waals surface area contributed by atoms with E-state index in [9.17, 15) is 4.79 Å². The molecule has 0 atom stereocenters. The second-order valence-electron chi connectivity index (χ2n) is 5.54. The van der Waals surface area contributed by atoms with Crippen LogP contribution in [0.4, 0.5) is 0 Å². The van der Waals surface area contributed by atoms with Gasteiger partial charge in [-0.2, -0.15) is 0 Å². The second-order valence-corrected chi connectivity index (χ2v) is 7.32. The number of hydrogen-bond acceptors (Lipinski definition) is 6. The number of aromatic nitrogens is 5. The van der Waals surface area contributed by atoms with E-state index in [1.54, 1.807) is 22.2 Å². The first kappa shape index (κ1) is 14.0. The van der Waals surface area contributed by atoms with Crippen LogP contribution in [-0.2, 0) is 12.8 Å². The minimum absolute atomic E-state index is 0.0176. The van der Waals surface area contributed by atoms with Crippen molar-refractivity contribution in [2.24, 2.45) is 7.05 Å². The Bertz CT molecular complexity index is 906. The molecule has 0 saturated heterocycles. The molecule has 0 bridgehead atoms. The number of fused-ring (bicyclic) bond motifs is 1. The van der Waals surface area contributed by atoms with Crippen LogP contribution in [0.25, 0.3) is 4.96 Å². The maximum atomic E-state index is 12.1. The summed E-state index contributed by atoms with van der Waals surface area (Å²) in [5.74, 6) is 2.28. The van der Waals surface area contributed by atoms with Gasteiger partial charge in [-0.25, -0.2) is 4.98 Å². The average Bonchev–Trinajstić information content (AvgIpc) is 3.17. The molecule has 22 heavy (non-hydrogen) atoms. The first-order chi connectivity index (χ1) is 10.6. The van der Waals surface area contributed by atoms with E-state index >= 15 is 0 Å². The van der Waals surface area contributed by atoms with Crippen LogP contribution in [-0.4, -0.2) is 24.1 Å². The zero-order valence-electron chi connectivity index (χ0n) is 12.3. The Kier molecular flexibility index (Phi) is 3.30. The molecule has 0 N–H and O–H groups in total. The van der Waals surface area contributed by atoms with Gasteiger partial charge in [-0.3, -0.25) is 9.20 Å². The van der Waals surface area contributed by atoms with E-state index in [0.717, 1.165) is 27.3 Å². The molecule has 1 saturated carbocycles. The van der Waals surface area contributed by atoms with Crippen molar-refractivity contribution < 1.29 is 0 Å². The molecule has 0 aliphatic heterocycles. The highest BCUT2D eigenvalue weighted by molar-refractivity contribution is 7.98. The van der Waals surface area contributed by atoms with Crippen LogP contribution in [0.1, 0.15) is 36.0 Å². The van der Waals surface area contributed by atoms with E-state index in [1.165, 1.54) is 24.2 Å². The zero-order chi connectivity index (χ0) is 15.3. The van der Waals surface area contributed by atoms with Gasteiger partial charge in [-0.05, 0) is 19.8 Å². The molecule has 0 unspecified atom stereocenters. The number of thioether (sulfide) groups is 1. The summed E-state index contributed by atoms with van der Waals surface area (Å²) in [6.07, 6.45) is 2.42. The van der Waals surface area contributed by atoms with Crippen molar-refractivity contribution >= 4 is 28.1 Å². The van der Waals surface area contributed by atoms with Crippen LogP contribution in [0.15, 0.2) is 21.4 Å². The third-order valence-corrected chi connectivity index (χ3v) is 5.79. The van der Waals surface area contributed by atoms with Crippen LogP contribution in [0.3, 0.4) is 0 Å². The van der Waals surface area contributed by atoms with Crippen LogP contribution < -0.4 is 5.56 Å². The third kappa shape index (κ3) is 2.36. The van der Waals surface area contributed by atoms with Crippen LogP contribution >= 0.6 is 23.1 Å². The molecule has 0 spiro atoms. The Morgan fingerprint density at radius 3 is 3.00 bits per heavy atom. The number of rotatable bonds is 4. The standard InChI is InChI=1S/C14H15N5OS2/c1-8-6-21-13-15-10(5-11(20)19(8)13)7-22-14-17-16-12(18(14)2)9-3-4-9/h5-6,9H,3-4,7H2,1-2H3. The van der Waals surface area contributed by atoms with Crippen molar-refractivity contribution in [1.29, 1.82) is 0 Å². The van der Waals surface area contributed by atoms with E-state index in [2.05, 4.69) is 19.7 Å². The largest absolute Gasteiger partial charge is 0.309 e. The number of hydrogen-bond donors (Lipinski definition) is 0. The predicted molar refractivity (Wildman–Crippen MR) is 86.6 cm³/mol. The molecule has 3 aromatic heterocycles. The Hall–Kier alpha value is -1.67. The molecule has 6 nitrogen and oxygen atoms in total. The predicted octanol–water partition coefficient (Wildman–Crippen LogP) is 2.36. The minimum atomic E-state index is -0.0176. The van der Waals surface area contributed by atoms with E-state index in [-0.39, 0.29) is 5.56 Å². The highest BCUT2D eigenvalue weighted by Gasteiger charge is 2.29. The van der Waals surface area contributed by atoms with Gasteiger partial charge in [0.15, 0.2) is 10.1 Å². The van der Waals surface area contributed by atoms with Gasteiger partial charge in [0.25, 0.3) is 5.56 Å². The normalized spacial score (nSPS) is 14.8. The Morgan fingerprint density at radius 1 is 1.41 bits per heavy atom.